The number of furan rings is 1. The summed E-state index contributed by atoms with van der Waals surface area (Å²) in [6.45, 7) is 11.1. The average molecular weight is 545 g/mol. The monoisotopic (exact) mass is 544 g/mol. The number of ether oxygens (including phenoxy) is 2. The number of nitrogens with one attached hydrogen (secondary N) is 2. The van der Waals surface area contributed by atoms with Crippen molar-refractivity contribution in [2.45, 2.75) is 53.9 Å². The maximum absolute atomic E-state index is 14.0. The third-order valence-corrected chi connectivity index (χ3v) is 8.38. The van der Waals surface area contributed by atoms with Gasteiger partial charge >= 0.3 is 11.9 Å². The molecule has 3 aromatic rings. The van der Waals surface area contributed by atoms with Gasteiger partial charge in [-0.2, -0.15) is 0 Å². The molecule has 1 aromatic heterocycles. The smallest absolute Gasteiger partial charge is 0.320 e. The van der Waals surface area contributed by atoms with Gasteiger partial charge in [0.2, 0.25) is 0 Å². The fourth-order valence-electron chi connectivity index (χ4n) is 4.33. The van der Waals surface area contributed by atoms with Crippen molar-refractivity contribution < 1.29 is 33.2 Å². The van der Waals surface area contributed by atoms with Gasteiger partial charge in [-0.25, -0.2) is 10.2 Å². The summed E-state index contributed by atoms with van der Waals surface area (Å²) in [7, 11) is -3.74. The van der Waals surface area contributed by atoms with E-state index in [-0.39, 0.29) is 43.5 Å². The van der Waals surface area contributed by atoms with Gasteiger partial charge in [-0.1, -0.05) is 26.0 Å². The molecule has 0 unspecified atom stereocenters. The average Bonchev–Trinajstić information content (AvgIpc) is 3.30. The Kier molecular flexibility index (Phi) is 9.77. The van der Waals surface area contributed by atoms with Crippen LogP contribution in [-0.4, -0.2) is 43.3 Å². The minimum atomic E-state index is -3.74. The second-order valence-corrected chi connectivity index (χ2v) is 11.7. The Morgan fingerprint density at radius 2 is 1.61 bits per heavy atom. The molecule has 1 heterocycles. The van der Waals surface area contributed by atoms with Crippen molar-refractivity contribution >= 4 is 35.9 Å². The van der Waals surface area contributed by atoms with Gasteiger partial charge in [0, 0.05) is 5.39 Å². The van der Waals surface area contributed by atoms with Crippen molar-refractivity contribution in [3.63, 3.8) is 0 Å². The van der Waals surface area contributed by atoms with Gasteiger partial charge < -0.3 is 19.0 Å². The van der Waals surface area contributed by atoms with Crippen molar-refractivity contribution in [1.29, 1.82) is 0 Å². The molecule has 0 fully saturated rings. The molecule has 0 aliphatic heterocycles. The third kappa shape index (κ3) is 6.84. The molecule has 2 aromatic carbocycles. The number of benzene rings is 2. The summed E-state index contributed by atoms with van der Waals surface area (Å²) in [6.07, 6.45) is 0.647. The highest BCUT2D eigenvalue weighted by Gasteiger charge is 2.31. The highest BCUT2D eigenvalue weighted by atomic mass is 31.2. The second-order valence-electron chi connectivity index (χ2n) is 9.41. The van der Waals surface area contributed by atoms with Crippen LogP contribution in [0.25, 0.3) is 11.0 Å². The maximum Gasteiger partial charge on any atom is 0.320 e. The van der Waals surface area contributed by atoms with Crippen LogP contribution in [0.2, 0.25) is 0 Å². The molecule has 3 rings (SSSR count). The highest BCUT2D eigenvalue weighted by Crippen LogP contribution is 2.38. The van der Waals surface area contributed by atoms with Gasteiger partial charge in [-0.15, -0.1) is 0 Å². The lowest BCUT2D eigenvalue weighted by Crippen LogP contribution is -2.36. The number of hydrogen-bond acceptors (Lipinski definition) is 7. The van der Waals surface area contributed by atoms with Gasteiger partial charge in [0.05, 0.1) is 13.2 Å². The van der Waals surface area contributed by atoms with E-state index in [1.807, 2.05) is 45.9 Å². The van der Waals surface area contributed by atoms with Crippen LogP contribution in [-0.2, 0) is 30.0 Å². The Hall–Kier alpha value is -3.13. The molecule has 0 radical (unpaired) electrons. The Balaban J connectivity index is 1.99. The van der Waals surface area contributed by atoms with Crippen LogP contribution in [0.3, 0.4) is 0 Å². The molecule has 3 N–H and O–H groups in total. The van der Waals surface area contributed by atoms with E-state index in [0.29, 0.717) is 12.0 Å². The molecule has 0 aliphatic rings. The third-order valence-electron chi connectivity index (χ3n) is 6.34. The predicted octanol–water partition coefficient (Wildman–Crippen LogP) is 4.59. The Bertz CT molecular complexity index is 1340. The maximum atomic E-state index is 14.0. The van der Waals surface area contributed by atoms with Crippen molar-refractivity contribution in [3.8, 4) is 5.75 Å². The summed E-state index contributed by atoms with van der Waals surface area (Å²) in [5.41, 5.74) is 5.67. The highest BCUT2D eigenvalue weighted by molar-refractivity contribution is 7.67. The second kappa shape index (κ2) is 12.6. The molecule has 0 amide bonds. The predicted molar refractivity (Wildman–Crippen MR) is 147 cm³/mol. The van der Waals surface area contributed by atoms with E-state index < -0.39 is 19.4 Å². The molecule has 0 saturated heterocycles. The summed E-state index contributed by atoms with van der Waals surface area (Å²) in [6, 6.07) is 9.24. The summed E-state index contributed by atoms with van der Waals surface area (Å²) in [5, 5.41) is 16.4. The van der Waals surface area contributed by atoms with Gasteiger partial charge in [-0.3, -0.25) is 14.2 Å². The van der Waals surface area contributed by atoms with Crippen molar-refractivity contribution in [1.82, 2.24) is 10.2 Å². The number of carbonyl (C=O) groups excluding carboxylic acids is 2. The van der Waals surface area contributed by atoms with Gasteiger partial charge in [0.1, 0.15) is 24.4 Å². The first-order chi connectivity index (χ1) is 18.0. The van der Waals surface area contributed by atoms with E-state index in [2.05, 4.69) is 10.2 Å². The van der Waals surface area contributed by atoms with E-state index in [0.717, 1.165) is 33.2 Å². The van der Waals surface area contributed by atoms with Crippen LogP contribution in [0, 0.1) is 13.8 Å². The number of hydrogen-bond donors (Lipinski definition) is 3. The van der Waals surface area contributed by atoms with Crippen LogP contribution in [0.1, 0.15) is 61.4 Å². The zero-order valence-electron chi connectivity index (χ0n) is 22.8. The molecule has 9 nitrogen and oxygen atoms in total. The largest absolute Gasteiger partial charge is 0.508 e. The van der Waals surface area contributed by atoms with E-state index in [4.69, 9.17) is 13.9 Å². The number of fused-ring (bicyclic) bond motifs is 1. The summed E-state index contributed by atoms with van der Waals surface area (Å²) in [5.74, 6) is -0.681. The number of esters is 2. The molecule has 0 spiro atoms. The number of phenolic OH excluding ortho intramolecular Hbond substituents is 1. The molecule has 38 heavy (non-hydrogen) atoms. The summed E-state index contributed by atoms with van der Waals surface area (Å²) >= 11 is 0. The molecule has 0 atom stereocenters. The Morgan fingerprint density at radius 1 is 1.00 bits per heavy atom. The SMILES string of the molecule is CCOC(=O)CNP(=O)(NCC(=O)OCC)c1cc2c(C)c(Cc3ccc(O)c(C(C)C)c3)c(C)cc2o1. The van der Waals surface area contributed by atoms with Crippen LogP contribution in [0.5, 0.6) is 5.75 Å². The Morgan fingerprint density at radius 3 is 2.16 bits per heavy atom. The Labute approximate surface area is 223 Å². The normalized spacial score (nSPS) is 11.8. The lowest BCUT2D eigenvalue weighted by atomic mass is 9.91. The lowest BCUT2D eigenvalue weighted by Gasteiger charge is -2.17. The van der Waals surface area contributed by atoms with Gasteiger partial charge in [0.15, 0.2) is 5.50 Å². The van der Waals surface area contributed by atoms with Crippen molar-refractivity contribution in [2.24, 2.45) is 0 Å². The quantitative estimate of drug-likeness (QED) is 0.222. The number of aryl methyl sites for hydroxylation is 2. The minimum absolute atomic E-state index is 0.0903. The summed E-state index contributed by atoms with van der Waals surface area (Å²) < 4.78 is 29.9. The number of carbonyl (C=O) groups is 2. The first kappa shape index (κ1) is 29.4. The number of rotatable bonds is 12. The molecule has 206 valence electrons. The van der Waals surface area contributed by atoms with Crippen LogP contribution < -0.4 is 15.7 Å². The molecular formula is C28H37N2O7P. The van der Waals surface area contributed by atoms with E-state index >= 15 is 0 Å². The zero-order valence-corrected chi connectivity index (χ0v) is 23.7. The molecular weight excluding hydrogens is 507 g/mol. The molecule has 0 saturated carbocycles. The standard InChI is InChI=1S/C28H37N2O7P/c1-7-35-26(32)15-29-38(34,30-16-27(33)36-8-2)28-14-23-19(6)22(18(5)11-25(23)37-28)13-20-9-10-24(31)21(12-20)17(3)4/h9-12,14,17,31H,7-8,13,15-16H2,1-6H3,(H2,29,30,34). The van der Waals surface area contributed by atoms with Crippen LogP contribution in [0.15, 0.2) is 34.7 Å². The van der Waals surface area contributed by atoms with Crippen molar-refractivity contribution in [2.75, 3.05) is 26.3 Å². The molecule has 0 bridgehead atoms. The van der Waals surface area contributed by atoms with Gasteiger partial charge in [0.25, 0.3) is 7.44 Å². The fourth-order valence-corrected chi connectivity index (χ4v) is 5.99. The number of phenols is 1. The summed E-state index contributed by atoms with van der Waals surface area (Å²) in [4.78, 5) is 23.9. The minimum Gasteiger partial charge on any atom is -0.508 e. The topological polar surface area (TPSA) is 127 Å². The lowest BCUT2D eigenvalue weighted by molar-refractivity contribution is -0.142. The van der Waals surface area contributed by atoms with E-state index in [1.54, 1.807) is 26.0 Å². The van der Waals surface area contributed by atoms with Crippen molar-refractivity contribution in [3.05, 3.63) is 58.1 Å². The van der Waals surface area contributed by atoms with E-state index in [1.165, 1.54) is 0 Å². The number of aromatic hydroxyl groups is 1. The molecule has 0 aliphatic carbocycles. The van der Waals surface area contributed by atoms with Crippen LogP contribution in [0.4, 0.5) is 0 Å². The fraction of sp³-hybridized carbons (Fsp3) is 0.429. The first-order valence-corrected chi connectivity index (χ1v) is 14.5. The van der Waals surface area contributed by atoms with E-state index in [9.17, 15) is 19.3 Å². The van der Waals surface area contributed by atoms with Crippen LogP contribution >= 0.6 is 7.44 Å². The zero-order chi connectivity index (χ0) is 28.0. The first-order valence-electron chi connectivity index (χ1n) is 12.8. The van der Waals surface area contributed by atoms with Gasteiger partial charge in [-0.05, 0) is 86.1 Å². The molecule has 10 heteroatoms.